The van der Waals surface area contributed by atoms with Crippen molar-refractivity contribution in [3.05, 3.63) is 60.2 Å². The molecular formula is C16H16N2OS. The molecule has 3 nitrogen and oxygen atoms in total. The molecule has 1 heterocycles. The van der Waals surface area contributed by atoms with E-state index in [0.29, 0.717) is 0 Å². The highest BCUT2D eigenvalue weighted by atomic mass is 32.2. The van der Waals surface area contributed by atoms with E-state index in [4.69, 9.17) is 4.74 Å². The standard InChI is InChI=1S/C16H16N2OS/c1-2-6-15(7-3-1)19-16-8-4-5-14(11-16)12-20-18-10-9-17-13-18/h1-8,11,13H,9-10,12H2. The molecule has 2 aromatic carbocycles. The molecule has 1 aliphatic rings. The Hall–Kier alpha value is -1.94. The Morgan fingerprint density at radius 1 is 1.05 bits per heavy atom. The van der Waals surface area contributed by atoms with Crippen molar-refractivity contribution in [1.29, 1.82) is 0 Å². The van der Waals surface area contributed by atoms with Crippen molar-refractivity contribution < 1.29 is 4.74 Å². The van der Waals surface area contributed by atoms with Crippen LogP contribution in [0.1, 0.15) is 5.56 Å². The van der Waals surface area contributed by atoms with Crippen molar-refractivity contribution >= 4 is 18.3 Å². The third-order valence-electron chi connectivity index (χ3n) is 2.93. The van der Waals surface area contributed by atoms with E-state index in [1.165, 1.54) is 5.56 Å². The number of rotatable bonds is 5. The molecule has 0 radical (unpaired) electrons. The van der Waals surface area contributed by atoms with E-state index in [-0.39, 0.29) is 0 Å². The van der Waals surface area contributed by atoms with Crippen LogP contribution in [-0.4, -0.2) is 23.7 Å². The average molecular weight is 284 g/mol. The second kappa shape index (κ2) is 6.48. The molecule has 0 aromatic heterocycles. The van der Waals surface area contributed by atoms with Gasteiger partial charge in [0.1, 0.15) is 11.5 Å². The molecule has 3 rings (SSSR count). The summed E-state index contributed by atoms with van der Waals surface area (Å²) in [5, 5.41) is 0. The third kappa shape index (κ3) is 3.54. The van der Waals surface area contributed by atoms with Gasteiger partial charge in [0.15, 0.2) is 0 Å². The lowest BCUT2D eigenvalue weighted by atomic mass is 10.2. The molecule has 0 amide bonds. The zero-order valence-corrected chi connectivity index (χ0v) is 11.9. The van der Waals surface area contributed by atoms with Crippen LogP contribution in [-0.2, 0) is 5.75 Å². The number of nitrogens with zero attached hydrogens (tertiary/aromatic N) is 2. The SMILES string of the molecule is C1=NCCN1SCc1cccc(Oc2ccccc2)c1. The Morgan fingerprint density at radius 3 is 2.70 bits per heavy atom. The largest absolute Gasteiger partial charge is 0.457 e. The molecule has 0 atom stereocenters. The molecule has 102 valence electrons. The molecule has 0 fully saturated rings. The van der Waals surface area contributed by atoms with Gasteiger partial charge in [-0.2, -0.15) is 0 Å². The molecule has 0 saturated heterocycles. The zero-order chi connectivity index (χ0) is 13.6. The first-order chi connectivity index (χ1) is 9.90. The Morgan fingerprint density at radius 2 is 1.90 bits per heavy atom. The third-order valence-corrected chi connectivity index (χ3v) is 4.01. The summed E-state index contributed by atoms with van der Waals surface area (Å²) < 4.78 is 8.01. The van der Waals surface area contributed by atoms with Gasteiger partial charge in [-0.25, -0.2) is 0 Å². The lowest BCUT2D eigenvalue weighted by Gasteiger charge is -2.12. The van der Waals surface area contributed by atoms with Crippen LogP contribution >= 0.6 is 11.9 Å². The summed E-state index contributed by atoms with van der Waals surface area (Å²) in [7, 11) is 0. The van der Waals surface area contributed by atoms with E-state index in [2.05, 4.69) is 21.4 Å². The molecule has 1 aliphatic heterocycles. The van der Waals surface area contributed by atoms with Gasteiger partial charge in [0, 0.05) is 5.75 Å². The molecule has 0 bridgehead atoms. The van der Waals surface area contributed by atoms with Crippen LogP contribution in [0.3, 0.4) is 0 Å². The lowest BCUT2D eigenvalue weighted by molar-refractivity contribution is 0.482. The Kier molecular flexibility index (Phi) is 4.23. The van der Waals surface area contributed by atoms with Gasteiger partial charge >= 0.3 is 0 Å². The fourth-order valence-electron chi connectivity index (χ4n) is 1.94. The van der Waals surface area contributed by atoms with Crippen LogP contribution < -0.4 is 4.74 Å². The van der Waals surface area contributed by atoms with Crippen molar-refractivity contribution in [3.8, 4) is 11.5 Å². The van der Waals surface area contributed by atoms with E-state index < -0.39 is 0 Å². The first-order valence-electron chi connectivity index (χ1n) is 6.61. The molecule has 20 heavy (non-hydrogen) atoms. The number of hydrogen-bond acceptors (Lipinski definition) is 4. The summed E-state index contributed by atoms with van der Waals surface area (Å²) in [4.78, 5) is 4.21. The Labute approximate surface area is 123 Å². The van der Waals surface area contributed by atoms with Crippen LogP contribution in [0.2, 0.25) is 0 Å². The molecule has 0 unspecified atom stereocenters. The summed E-state index contributed by atoms with van der Waals surface area (Å²) in [5.74, 6) is 2.67. The molecule has 0 saturated carbocycles. The summed E-state index contributed by atoms with van der Waals surface area (Å²) in [5.41, 5.74) is 1.25. The van der Waals surface area contributed by atoms with Crippen LogP contribution in [0.4, 0.5) is 0 Å². The first kappa shape index (κ1) is 13.1. The van der Waals surface area contributed by atoms with Crippen LogP contribution in [0.5, 0.6) is 11.5 Å². The van der Waals surface area contributed by atoms with E-state index in [9.17, 15) is 0 Å². The van der Waals surface area contributed by atoms with Gasteiger partial charge in [0.25, 0.3) is 0 Å². The van der Waals surface area contributed by atoms with Crippen molar-refractivity contribution in [2.24, 2.45) is 4.99 Å². The molecule has 2 aromatic rings. The van der Waals surface area contributed by atoms with Gasteiger partial charge in [-0.05, 0) is 41.8 Å². The van der Waals surface area contributed by atoms with Crippen molar-refractivity contribution in [3.63, 3.8) is 0 Å². The van der Waals surface area contributed by atoms with Gasteiger partial charge in [-0.3, -0.25) is 4.99 Å². The van der Waals surface area contributed by atoms with Gasteiger partial charge in [0.2, 0.25) is 0 Å². The van der Waals surface area contributed by atoms with Crippen molar-refractivity contribution in [2.75, 3.05) is 13.1 Å². The molecular weight excluding hydrogens is 268 g/mol. The maximum atomic E-state index is 5.84. The molecule has 0 spiro atoms. The van der Waals surface area contributed by atoms with Crippen molar-refractivity contribution in [2.45, 2.75) is 5.75 Å². The normalized spacial score (nSPS) is 13.7. The van der Waals surface area contributed by atoms with Gasteiger partial charge in [-0.15, -0.1) is 0 Å². The van der Waals surface area contributed by atoms with Gasteiger partial charge in [0.05, 0.1) is 19.4 Å². The van der Waals surface area contributed by atoms with E-state index in [0.717, 1.165) is 30.3 Å². The average Bonchev–Trinajstić information content (AvgIpc) is 3.00. The maximum absolute atomic E-state index is 5.84. The fraction of sp³-hybridized carbons (Fsp3) is 0.188. The highest BCUT2D eigenvalue weighted by molar-refractivity contribution is 7.96. The van der Waals surface area contributed by atoms with Crippen LogP contribution in [0, 0.1) is 0 Å². The Bertz CT molecular complexity index is 586. The van der Waals surface area contributed by atoms with E-state index in [1.54, 1.807) is 11.9 Å². The number of benzene rings is 2. The molecule has 0 N–H and O–H groups in total. The zero-order valence-electron chi connectivity index (χ0n) is 11.1. The minimum absolute atomic E-state index is 0.865. The smallest absolute Gasteiger partial charge is 0.127 e. The minimum Gasteiger partial charge on any atom is -0.457 e. The van der Waals surface area contributed by atoms with E-state index >= 15 is 0 Å². The quantitative estimate of drug-likeness (QED) is 0.777. The maximum Gasteiger partial charge on any atom is 0.127 e. The van der Waals surface area contributed by atoms with Crippen LogP contribution in [0.25, 0.3) is 0 Å². The monoisotopic (exact) mass is 284 g/mol. The van der Waals surface area contributed by atoms with Crippen LogP contribution in [0.15, 0.2) is 59.6 Å². The summed E-state index contributed by atoms with van der Waals surface area (Å²) in [6.07, 6.45) is 1.91. The molecule has 0 aliphatic carbocycles. The predicted octanol–water partition coefficient (Wildman–Crippen LogP) is 3.97. The summed E-state index contributed by atoms with van der Waals surface area (Å²) >= 11 is 1.78. The van der Waals surface area contributed by atoms with Gasteiger partial charge in [-0.1, -0.05) is 30.3 Å². The second-order valence-corrected chi connectivity index (χ2v) is 5.51. The fourth-order valence-corrected chi connectivity index (χ4v) is 2.78. The first-order valence-corrected chi connectivity index (χ1v) is 7.56. The number of aliphatic imine (C=N–C) groups is 1. The minimum atomic E-state index is 0.865. The highest BCUT2D eigenvalue weighted by Gasteiger charge is 2.06. The number of hydrogen-bond donors (Lipinski definition) is 0. The topological polar surface area (TPSA) is 24.8 Å². The Balaban J connectivity index is 1.62. The van der Waals surface area contributed by atoms with Crippen molar-refractivity contribution in [1.82, 2.24) is 4.31 Å². The summed E-state index contributed by atoms with van der Waals surface area (Å²) in [6, 6.07) is 18.1. The van der Waals surface area contributed by atoms with Gasteiger partial charge < -0.3 is 9.04 Å². The highest BCUT2D eigenvalue weighted by Crippen LogP contribution is 2.24. The second-order valence-electron chi connectivity index (χ2n) is 4.50. The lowest BCUT2D eigenvalue weighted by Crippen LogP contribution is -2.10. The number of para-hydroxylation sites is 1. The summed E-state index contributed by atoms with van der Waals surface area (Å²) in [6.45, 7) is 1.91. The van der Waals surface area contributed by atoms with E-state index in [1.807, 2.05) is 48.8 Å². The number of ether oxygens (including phenoxy) is 1. The predicted molar refractivity (Wildman–Crippen MR) is 84.3 cm³/mol. The molecule has 4 heteroatoms.